The molecule has 0 radical (unpaired) electrons. The van der Waals surface area contributed by atoms with Crippen molar-refractivity contribution in [1.82, 2.24) is 0 Å². The zero-order valence-corrected chi connectivity index (χ0v) is 13.3. The summed E-state index contributed by atoms with van der Waals surface area (Å²) in [7, 11) is 0. The first-order valence-corrected chi connectivity index (χ1v) is 7.24. The summed E-state index contributed by atoms with van der Waals surface area (Å²) in [5.74, 6) is 0. The Morgan fingerprint density at radius 3 is 2.48 bits per heavy atom. The molecule has 0 aliphatic heterocycles. The highest BCUT2D eigenvalue weighted by molar-refractivity contribution is 9.10. The van der Waals surface area contributed by atoms with E-state index in [1.54, 1.807) is 0 Å². The number of aryl methyl sites for hydroxylation is 1. The largest absolute Gasteiger partial charge is 0.416 e. The van der Waals surface area contributed by atoms with Crippen molar-refractivity contribution in [2.45, 2.75) is 26.6 Å². The number of halogens is 4. The molecule has 0 unspecified atom stereocenters. The molecule has 112 valence electrons. The maximum absolute atomic E-state index is 12.7. The standard InChI is InChI=1S/C16H15BrF3N/c1-10-4-3-5-12(11(10)2)9-21-15-8-13(16(18,19)20)6-7-14(15)17/h3-8,21H,9H2,1-2H3. The SMILES string of the molecule is Cc1cccc(CNc2cc(C(F)(F)F)ccc2Br)c1C. The quantitative estimate of drug-likeness (QED) is 0.743. The minimum absolute atomic E-state index is 0.436. The van der Waals surface area contributed by atoms with Crippen LogP contribution in [0.4, 0.5) is 18.9 Å². The molecule has 0 aromatic heterocycles. The van der Waals surface area contributed by atoms with E-state index in [2.05, 4.69) is 21.2 Å². The summed E-state index contributed by atoms with van der Waals surface area (Å²) in [6.45, 7) is 4.50. The molecule has 0 aliphatic carbocycles. The molecule has 2 rings (SSSR count). The number of nitrogens with one attached hydrogen (secondary N) is 1. The van der Waals surface area contributed by atoms with E-state index in [0.29, 0.717) is 16.7 Å². The molecule has 0 fully saturated rings. The molecule has 0 saturated carbocycles. The van der Waals surface area contributed by atoms with Crippen molar-refractivity contribution in [1.29, 1.82) is 0 Å². The lowest BCUT2D eigenvalue weighted by Crippen LogP contribution is -2.07. The van der Waals surface area contributed by atoms with Crippen molar-refractivity contribution in [3.05, 3.63) is 63.1 Å². The number of hydrogen-bond donors (Lipinski definition) is 1. The highest BCUT2D eigenvalue weighted by atomic mass is 79.9. The fourth-order valence-electron chi connectivity index (χ4n) is 2.03. The van der Waals surface area contributed by atoms with Crippen LogP contribution in [0.25, 0.3) is 0 Å². The van der Waals surface area contributed by atoms with E-state index in [-0.39, 0.29) is 0 Å². The molecule has 0 aliphatic rings. The highest BCUT2D eigenvalue weighted by Gasteiger charge is 2.30. The minimum atomic E-state index is -4.34. The lowest BCUT2D eigenvalue weighted by molar-refractivity contribution is -0.137. The van der Waals surface area contributed by atoms with Crippen molar-refractivity contribution in [3.8, 4) is 0 Å². The molecule has 0 bridgehead atoms. The van der Waals surface area contributed by atoms with Crippen LogP contribution in [0.2, 0.25) is 0 Å². The van der Waals surface area contributed by atoms with Crippen LogP contribution >= 0.6 is 15.9 Å². The Morgan fingerprint density at radius 1 is 1.10 bits per heavy atom. The average Bonchev–Trinajstić information content (AvgIpc) is 2.40. The monoisotopic (exact) mass is 357 g/mol. The molecule has 0 spiro atoms. The molecule has 1 N–H and O–H groups in total. The Labute approximate surface area is 130 Å². The Hall–Kier alpha value is -1.49. The van der Waals surface area contributed by atoms with E-state index >= 15 is 0 Å². The fourth-order valence-corrected chi connectivity index (χ4v) is 2.42. The van der Waals surface area contributed by atoms with Gasteiger partial charge in [-0.1, -0.05) is 18.2 Å². The van der Waals surface area contributed by atoms with Crippen LogP contribution in [0, 0.1) is 13.8 Å². The van der Waals surface area contributed by atoms with Gasteiger partial charge in [-0.3, -0.25) is 0 Å². The fraction of sp³-hybridized carbons (Fsp3) is 0.250. The van der Waals surface area contributed by atoms with Crippen molar-refractivity contribution < 1.29 is 13.2 Å². The van der Waals surface area contributed by atoms with E-state index in [1.807, 2.05) is 32.0 Å². The third-order valence-electron chi connectivity index (χ3n) is 3.48. The Kier molecular flexibility index (Phi) is 4.61. The first kappa shape index (κ1) is 15.9. The third kappa shape index (κ3) is 3.79. The van der Waals surface area contributed by atoms with Gasteiger partial charge in [0.25, 0.3) is 0 Å². The molecule has 0 atom stereocenters. The topological polar surface area (TPSA) is 12.0 Å². The number of anilines is 1. The second-order valence-electron chi connectivity index (χ2n) is 4.90. The molecule has 5 heteroatoms. The average molecular weight is 358 g/mol. The Morgan fingerprint density at radius 2 is 1.81 bits per heavy atom. The maximum Gasteiger partial charge on any atom is 0.416 e. The normalized spacial score (nSPS) is 11.5. The Bertz CT molecular complexity index is 650. The highest BCUT2D eigenvalue weighted by Crippen LogP contribution is 2.34. The molecular formula is C16H15BrF3N. The zero-order chi connectivity index (χ0) is 15.6. The predicted molar refractivity (Wildman–Crippen MR) is 82.4 cm³/mol. The molecule has 0 heterocycles. The minimum Gasteiger partial charge on any atom is -0.380 e. The van der Waals surface area contributed by atoms with E-state index in [1.165, 1.54) is 6.07 Å². The number of rotatable bonds is 3. The van der Waals surface area contributed by atoms with Gasteiger partial charge in [0.05, 0.1) is 5.56 Å². The van der Waals surface area contributed by atoms with Crippen LogP contribution in [0.15, 0.2) is 40.9 Å². The summed E-state index contributed by atoms with van der Waals surface area (Å²) in [5.41, 5.74) is 3.16. The summed E-state index contributed by atoms with van der Waals surface area (Å²) < 4.78 is 38.8. The van der Waals surface area contributed by atoms with Crippen LogP contribution in [-0.4, -0.2) is 0 Å². The molecule has 21 heavy (non-hydrogen) atoms. The van der Waals surface area contributed by atoms with Gasteiger partial charge in [-0.2, -0.15) is 13.2 Å². The van der Waals surface area contributed by atoms with Gasteiger partial charge >= 0.3 is 6.18 Å². The van der Waals surface area contributed by atoms with Crippen LogP contribution in [0.1, 0.15) is 22.3 Å². The van der Waals surface area contributed by atoms with E-state index < -0.39 is 11.7 Å². The van der Waals surface area contributed by atoms with Crippen LogP contribution in [0.3, 0.4) is 0 Å². The van der Waals surface area contributed by atoms with Gasteiger partial charge in [0, 0.05) is 16.7 Å². The second-order valence-corrected chi connectivity index (χ2v) is 5.76. The predicted octanol–water partition coefficient (Wildman–Crippen LogP) is 5.70. The van der Waals surface area contributed by atoms with E-state index in [0.717, 1.165) is 28.8 Å². The van der Waals surface area contributed by atoms with Gasteiger partial charge in [-0.15, -0.1) is 0 Å². The summed E-state index contributed by atoms with van der Waals surface area (Å²) in [5, 5.41) is 3.06. The first-order valence-electron chi connectivity index (χ1n) is 6.45. The summed E-state index contributed by atoms with van der Waals surface area (Å²) in [4.78, 5) is 0. The Balaban J connectivity index is 2.22. The van der Waals surface area contributed by atoms with E-state index in [9.17, 15) is 13.2 Å². The van der Waals surface area contributed by atoms with Crippen molar-refractivity contribution >= 4 is 21.6 Å². The summed E-state index contributed by atoms with van der Waals surface area (Å²) in [6, 6.07) is 9.52. The van der Waals surface area contributed by atoms with Gasteiger partial charge < -0.3 is 5.32 Å². The van der Waals surface area contributed by atoms with Gasteiger partial charge in [0.15, 0.2) is 0 Å². The maximum atomic E-state index is 12.7. The van der Waals surface area contributed by atoms with Gasteiger partial charge in [0.2, 0.25) is 0 Å². The van der Waals surface area contributed by atoms with Crippen LogP contribution in [-0.2, 0) is 12.7 Å². The second kappa shape index (κ2) is 6.10. The van der Waals surface area contributed by atoms with Crippen LogP contribution in [0.5, 0.6) is 0 Å². The molecular weight excluding hydrogens is 343 g/mol. The lowest BCUT2D eigenvalue weighted by Gasteiger charge is -2.14. The van der Waals surface area contributed by atoms with Crippen molar-refractivity contribution in [2.75, 3.05) is 5.32 Å². The van der Waals surface area contributed by atoms with Gasteiger partial charge in [0.1, 0.15) is 0 Å². The van der Waals surface area contributed by atoms with Crippen molar-refractivity contribution in [2.24, 2.45) is 0 Å². The lowest BCUT2D eigenvalue weighted by atomic mass is 10.0. The van der Waals surface area contributed by atoms with E-state index in [4.69, 9.17) is 0 Å². The van der Waals surface area contributed by atoms with Crippen LogP contribution < -0.4 is 5.32 Å². The molecule has 0 amide bonds. The third-order valence-corrected chi connectivity index (χ3v) is 4.17. The number of benzene rings is 2. The van der Waals surface area contributed by atoms with Gasteiger partial charge in [-0.25, -0.2) is 0 Å². The molecule has 1 nitrogen and oxygen atoms in total. The number of hydrogen-bond acceptors (Lipinski definition) is 1. The first-order chi connectivity index (χ1) is 9.79. The molecule has 0 saturated heterocycles. The van der Waals surface area contributed by atoms with Crippen molar-refractivity contribution in [3.63, 3.8) is 0 Å². The zero-order valence-electron chi connectivity index (χ0n) is 11.7. The summed E-state index contributed by atoms with van der Waals surface area (Å²) in [6.07, 6.45) is -4.34. The molecule has 2 aromatic rings. The van der Waals surface area contributed by atoms with Gasteiger partial charge in [-0.05, 0) is 64.7 Å². The summed E-state index contributed by atoms with van der Waals surface area (Å²) >= 11 is 3.27. The number of alkyl halides is 3. The smallest absolute Gasteiger partial charge is 0.380 e. The molecule has 2 aromatic carbocycles.